The van der Waals surface area contributed by atoms with Gasteiger partial charge in [-0.2, -0.15) is 0 Å². The lowest BCUT2D eigenvalue weighted by molar-refractivity contribution is 0.413. The van der Waals surface area contributed by atoms with Crippen molar-refractivity contribution in [2.24, 2.45) is 11.7 Å². The summed E-state index contributed by atoms with van der Waals surface area (Å²) < 4.78 is 25.7. The Morgan fingerprint density at radius 3 is 2.67 bits per heavy atom. The molecule has 1 unspecified atom stereocenters. The fourth-order valence-corrected chi connectivity index (χ4v) is 5.42. The number of nitrogens with zero attached hydrogens (tertiary/aromatic N) is 2. The van der Waals surface area contributed by atoms with Crippen molar-refractivity contribution in [2.45, 2.75) is 38.3 Å². The Hall–Kier alpha value is -2.10. The average Bonchev–Trinajstić information content (AvgIpc) is 3.26. The zero-order chi connectivity index (χ0) is 20.4. The van der Waals surface area contributed by atoms with Crippen LogP contribution in [0.5, 0.6) is 5.75 Å². The van der Waals surface area contributed by atoms with E-state index in [2.05, 4.69) is 4.37 Å². The molecular formula is C20H24ClFN4O3S. The number of aromatic nitrogens is 2. The topological polar surface area (TPSA) is 93.3 Å². The minimum absolute atomic E-state index is 0. The molecule has 3 N–H and O–H groups in total. The van der Waals surface area contributed by atoms with Crippen LogP contribution in [0, 0.1) is 11.7 Å². The molecule has 162 valence electrons. The molecule has 1 aliphatic carbocycles. The number of methoxy groups -OCH3 is 1. The molecule has 2 aliphatic rings. The van der Waals surface area contributed by atoms with Crippen molar-refractivity contribution >= 4 is 50.7 Å². The van der Waals surface area contributed by atoms with Crippen LogP contribution >= 0.6 is 23.9 Å². The van der Waals surface area contributed by atoms with Gasteiger partial charge >= 0.3 is 0 Å². The van der Waals surface area contributed by atoms with E-state index in [1.165, 1.54) is 13.2 Å². The molecular weight excluding hydrogens is 431 g/mol. The van der Waals surface area contributed by atoms with Gasteiger partial charge in [-0.1, -0.05) is 0 Å². The van der Waals surface area contributed by atoms with Crippen LogP contribution in [-0.2, 0) is 0 Å². The summed E-state index contributed by atoms with van der Waals surface area (Å²) >= 11 is 1.15. The van der Waals surface area contributed by atoms with Gasteiger partial charge in [0, 0.05) is 25.2 Å². The van der Waals surface area contributed by atoms with E-state index in [9.17, 15) is 9.59 Å². The molecule has 2 atom stereocenters. The number of hydrogen-bond acceptors (Lipinski definition) is 6. The minimum Gasteiger partial charge on any atom is -0.492 e. The summed E-state index contributed by atoms with van der Waals surface area (Å²) in [6, 6.07) is 1.47. The first kappa shape index (κ1) is 21.1. The molecule has 2 aromatic heterocycles. The van der Waals surface area contributed by atoms with Crippen LogP contribution in [0.3, 0.4) is 0 Å². The van der Waals surface area contributed by atoms with E-state index in [0.717, 1.165) is 30.8 Å². The van der Waals surface area contributed by atoms with Crippen LogP contribution in [-0.4, -0.2) is 35.2 Å². The summed E-state index contributed by atoms with van der Waals surface area (Å²) in [4.78, 5) is 27.9. The molecule has 0 radical (unpaired) electrons. The van der Waals surface area contributed by atoms with Gasteiger partial charge in [-0.05, 0) is 49.7 Å². The third kappa shape index (κ3) is 3.02. The third-order valence-corrected chi connectivity index (χ3v) is 7.08. The van der Waals surface area contributed by atoms with E-state index >= 15 is 4.39 Å². The quantitative estimate of drug-likeness (QED) is 0.632. The highest BCUT2D eigenvalue weighted by atomic mass is 35.5. The summed E-state index contributed by atoms with van der Waals surface area (Å²) in [6.45, 7) is 3.29. The van der Waals surface area contributed by atoms with Crippen molar-refractivity contribution in [3.8, 4) is 5.75 Å². The summed E-state index contributed by atoms with van der Waals surface area (Å²) in [5.41, 5.74) is 6.14. The Bertz CT molecular complexity index is 1250. The van der Waals surface area contributed by atoms with Crippen molar-refractivity contribution in [1.29, 1.82) is 0 Å². The second-order valence-corrected chi connectivity index (χ2v) is 8.93. The first-order valence-corrected chi connectivity index (χ1v) is 10.7. The van der Waals surface area contributed by atoms with E-state index in [-0.39, 0.29) is 41.2 Å². The average molecular weight is 455 g/mol. The number of ether oxygens (including phenoxy) is 1. The van der Waals surface area contributed by atoms with Gasteiger partial charge in [0.05, 0.1) is 18.0 Å². The van der Waals surface area contributed by atoms with Crippen LogP contribution in [0.1, 0.15) is 32.2 Å². The molecule has 3 aromatic rings. The third-order valence-electron chi connectivity index (χ3n) is 6.20. The van der Waals surface area contributed by atoms with Crippen molar-refractivity contribution < 1.29 is 9.13 Å². The SMILES string of the molecule is COc1c(N2CC[C@@H](C(C)N)C2)c(F)cc2c(=O)c3c(=O)[nH]sc3n(C3CC3)c12.Cl. The highest BCUT2D eigenvalue weighted by Crippen LogP contribution is 2.46. The monoisotopic (exact) mass is 454 g/mol. The number of H-pyrrole nitrogens is 1. The first-order chi connectivity index (χ1) is 13.9. The van der Waals surface area contributed by atoms with Gasteiger partial charge in [-0.15, -0.1) is 12.4 Å². The Balaban J connectivity index is 0.00000218. The molecule has 2 fully saturated rings. The highest BCUT2D eigenvalue weighted by Gasteiger charge is 2.34. The first-order valence-electron chi connectivity index (χ1n) is 9.88. The maximum atomic E-state index is 15.3. The van der Waals surface area contributed by atoms with Gasteiger partial charge in [-0.25, -0.2) is 4.39 Å². The number of benzene rings is 1. The molecule has 30 heavy (non-hydrogen) atoms. The largest absolute Gasteiger partial charge is 0.492 e. The Kier molecular flexibility index (Phi) is 5.32. The van der Waals surface area contributed by atoms with E-state index in [4.69, 9.17) is 10.5 Å². The van der Waals surface area contributed by atoms with Crippen molar-refractivity contribution in [2.75, 3.05) is 25.1 Å². The molecule has 10 heteroatoms. The second kappa shape index (κ2) is 7.55. The summed E-state index contributed by atoms with van der Waals surface area (Å²) in [7, 11) is 1.50. The lowest BCUT2D eigenvalue weighted by Gasteiger charge is -2.25. The Labute approximate surface area is 182 Å². The van der Waals surface area contributed by atoms with Gasteiger partial charge < -0.3 is 19.9 Å². The number of fused-ring (bicyclic) bond motifs is 2. The zero-order valence-electron chi connectivity index (χ0n) is 16.7. The summed E-state index contributed by atoms with van der Waals surface area (Å²) in [6.07, 6.45) is 2.78. The predicted molar refractivity (Wildman–Crippen MR) is 120 cm³/mol. The lowest BCUT2D eigenvalue weighted by atomic mass is 10.0. The molecule has 5 rings (SSSR count). The van der Waals surface area contributed by atoms with E-state index in [1.807, 2.05) is 16.4 Å². The molecule has 1 aliphatic heterocycles. The number of nitrogens with one attached hydrogen (secondary N) is 1. The van der Waals surface area contributed by atoms with Crippen LogP contribution in [0.4, 0.5) is 10.1 Å². The zero-order valence-corrected chi connectivity index (χ0v) is 18.4. The molecule has 3 heterocycles. The highest BCUT2D eigenvalue weighted by molar-refractivity contribution is 7.12. The van der Waals surface area contributed by atoms with Crippen molar-refractivity contribution in [1.82, 2.24) is 8.94 Å². The summed E-state index contributed by atoms with van der Waals surface area (Å²) in [5, 5.41) is 0.288. The van der Waals surface area contributed by atoms with Crippen LogP contribution in [0.15, 0.2) is 15.7 Å². The minimum atomic E-state index is -0.509. The van der Waals surface area contributed by atoms with Crippen molar-refractivity contribution in [3.05, 3.63) is 32.5 Å². The van der Waals surface area contributed by atoms with Gasteiger partial charge in [-0.3, -0.25) is 14.0 Å². The molecule has 0 spiro atoms. The van der Waals surface area contributed by atoms with E-state index in [0.29, 0.717) is 34.9 Å². The van der Waals surface area contributed by atoms with Crippen LogP contribution in [0.2, 0.25) is 0 Å². The fourth-order valence-electron chi connectivity index (χ4n) is 4.51. The van der Waals surface area contributed by atoms with Crippen LogP contribution in [0.25, 0.3) is 21.1 Å². The molecule has 1 saturated carbocycles. The molecule has 0 bridgehead atoms. The van der Waals surface area contributed by atoms with Crippen molar-refractivity contribution in [3.63, 3.8) is 0 Å². The normalized spacial score (nSPS) is 20.0. The number of nitrogens with two attached hydrogens (primary N) is 1. The van der Waals surface area contributed by atoms with E-state index < -0.39 is 16.8 Å². The van der Waals surface area contributed by atoms with Gasteiger partial charge in [0.1, 0.15) is 15.9 Å². The number of pyridine rings is 1. The molecule has 1 aromatic carbocycles. The molecule has 7 nitrogen and oxygen atoms in total. The summed E-state index contributed by atoms with van der Waals surface area (Å²) in [5.74, 6) is 0.125. The standard InChI is InChI=1S/C20H23FN4O3S.ClH/c1-9(22)10-5-6-24(8-10)16-13(21)7-12-15(18(16)28-2)25(11-3-4-11)20-14(17(12)26)19(27)23-29-20;/h7,9-11H,3-6,8,22H2,1-2H3,(H,23,27);1H/t9?,10-;/m1./s1. The molecule has 1 saturated heterocycles. The second-order valence-electron chi connectivity index (χ2n) is 8.13. The smallest absolute Gasteiger partial charge is 0.271 e. The maximum Gasteiger partial charge on any atom is 0.271 e. The van der Waals surface area contributed by atoms with Gasteiger partial charge in [0.2, 0.25) is 5.43 Å². The number of anilines is 1. The Morgan fingerprint density at radius 2 is 2.07 bits per heavy atom. The number of hydrogen-bond donors (Lipinski definition) is 2. The van der Waals surface area contributed by atoms with E-state index in [1.54, 1.807) is 0 Å². The Morgan fingerprint density at radius 1 is 1.33 bits per heavy atom. The number of rotatable bonds is 4. The predicted octanol–water partition coefficient (Wildman–Crippen LogP) is 2.98. The fraction of sp³-hybridized carbons (Fsp3) is 0.500. The number of aromatic amines is 1. The molecule has 0 amide bonds. The van der Waals surface area contributed by atoms with Gasteiger partial charge in [0.25, 0.3) is 5.56 Å². The lowest BCUT2D eigenvalue weighted by Crippen LogP contribution is -2.30. The van der Waals surface area contributed by atoms with Gasteiger partial charge in [0.15, 0.2) is 11.6 Å². The van der Waals surface area contributed by atoms with Crippen LogP contribution < -0.4 is 26.4 Å². The maximum absolute atomic E-state index is 15.3. The number of halogens is 2.